The molecule has 0 spiro atoms. The number of carbonyl (C=O) groups is 2. The van der Waals surface area contributed by atoms with Crippen molar-refractivity contribution in [3.63, 3.8) is 0 Å². The fourth-order valence-corrected chi connectivity index (χ4v) is 3.08. The molecule has 0 aliphatic heterocycles. The van der Waals surface area contributed by atoms with Gasteiger partial charge < -0.3 is 10.1 Å². The normalized spacial score (nSPS) is 14.6. The SMILES string of the molecule is CCOC(=O)c1c(NC(=O)NC2CCC2)sc(C)c1C. The predicted molar refractivity (Wildman–Crippen MR) is 79.5 cm³/mol. The number of urea groups is 1. The van der Waals surface area contributed by atoms with E-state index in [1.807, 2.05) is 13.8 Å². The van der Waals surface area contributed by atoms with E-state index in [1.54, 1.807) is 6.92 Å². The second-order valence-corrected chi connectivity index (χ2v) is 6.16. The van der Waals surface area contributed by atoms with Gasteiger partial charge in [0, 0.05) is 10.9 Å². The second-order valence-electron chi connectivity index (χ2n) is 4.93. The lowest BCUT2D eigenvalue weighted by Crippen LogP contribution is -2.41. The molecule has 0 aromatic carbocycles. The van der Waals surface area contributed by atoms with E-state index < -0.39 is 0 Å². The van der Waals surface area contributed by atoms with Crippen LogP contribution in [-0.2, 0) is 4.74 Å². The summed E-state index contributed by atoms with van der Waals surface area (Å²) in [4.78, 5) is 24.9. The summed E-state index contributed by atoms with van der Waals surface area (Å²) in [5.41, 5.74) is 1.34. The maximum atomic E-state index is 12.0. The van der Waals surface area contributed by atoms with Crippen LogP contribution in [-0.4, -0.2) is 24.6 Å². The first-order valence-corrected chi connectivity index (χ1v) is 7.69. The first-order valence-electron chi connectivity index (χ1n) is 6.87. The van der Waals surface area contributed by atoms with Gasteiger partial charge >= 0.3 is 12.0 Å². The molecule has 1 aromatic heterocycles. The molecule has 1 aliphatic rings. The third-order valence-corrected chi connectivity index (χ3v) is 4.66. The van der Waals surface area contributed by atoms with Gasteiger partial charge in [0.25, 0.3) is 0 Å². The highest BCUT2D eigenvalue weighted by molar-refractivity contribution is 7.16. The van der Waals surface area contributed by atoms with Crippen LogP contribution in [0.1, 0.15) is 47.0 Å². The number of carbonyl (C=O) groups excluding carboxylic acids is 2. The zero-order valence-corrected chi connectivity index (χ0v) is 12.9. The Morgan fingerprint density at radius 2 is 2.05 bits per heavy atom. The lowest BCUT2D eigenvalue weighted by atomic mass is 9.93. The van der Waals surface area contributed by atoms with Gasteiger partial charge in [-0.05, 0) is 45.6 Å². The van der Waals surface area contributed by atoms with Crippen molar-refractivity contribution in [1.82, 2.24) is 5.32 Å². The molecule has 1 heterocycles. The minimum absolute atomic E-state index is 0.249. The van der Waals surface area contributed by atoms with Crippen molar-refractivity contribution in [2.45, 2.75) is 46.1 Å². The summed E-state index contributed by atoms with van der Waals surface area (Å²) in [6.07, 6.45) is 3.22. The average molecular weight is 296 g/mol. The summed E-state index contributed by atoms with van der Waals surface area (Å²) in [5.74, 6) is -0.381. The standard InChI is InChI=1S/C14H20N2O3S/c1-4-19-13(17)11-8(2)9(3)20-12(11)16-14(18)15-10-6-5-7-10/h10H,4-7H2,1-3H3,(H2,15,16,18). The van der Waals surface area contributed by atoms with Gasteiger partial charge in [0.2, 0.25) is 0 Å². The maximum Gasteiger partial charge on any atom is 0.341 e. The number of rotatable bonds is 4. The zero-order valence-electron chi connectivity index (χ0n) is 12.0. The summed E-state index contributed by atoms with van der Waals surface area (Å²) in [5, 5.41) is 6.24. The summed E-state index contributed by atoms with van der Waals surface area (Å²) in [6.45, 7) is 5.88. The predicted octanol–water partition coefficient (Wildman–Crippen LogP) is 3.22. The van der Waals surface area contributed by atoms with Crippen molar-refractivity contribution >= 4 is 28.3 Å². The maximum absolute atomic E-state index is 12.0. The molecule has 0 radical (unpaired) electrons. The van der Waals surface area contributed by atoms with E-state index in [2.05, 4.69) is 10.6 Å². The van der Waals surface area contributed by atoms with Crippen molar-refractivity contribution in [3.05, 3.63) is 16.0 Å². The van der Waals surface area contributed by atoms with Crippen molar-refractivity contribution in [1.29, 1.82) is 0 Å². The molecule has 2 rings (SSSR count). The summed E-state index contributed by atoms with van der Waals surface area (Å²) in [6, 6.07) is 0.0182. The molecule has 20 heavy (non-hydrogen) atoms. The molecule has 0 bridgehead atoms. The smallest absolute Gasteiger partial charge is 0.341 e. The van der Waals surface area contributed by atoms with E-state index in [0.29, 0.717) is 17.2 Å². The number of aryl methyl sites for hydroxylation is 1. The number of anilines is 1. The quantitative estimate of drug-likeness (QED) is 0.838. The Morgan fingerprint density at radius 1 is 1.35 bits per heavy atom. The number of hydrogen-bond acceptors (Lipinski definition) is 4. The van der Waals surface area contributed by atoms with E-state index >= 15 is 0 Å². The summed E-state index contributed by atoms with van der Waals surface area (Å²) in [7, 11) is 0. The molecule has 1 aliphatic carbocycles. The fourth-order valence-electron chi connectivity index (χ4n) is 2.04. The number of esters is 1. The molecule has 0 atom stereocenters. The van der Waals surface area contributed by atoms with Gasteiger partial charge in [-0.15, -0.1) is 11.3 Å². The van der Waals surface area contributed by atoms with Crippen molar-refractivity contribution in [3.8, 4) is 0 Å². The second kappa shape index (κ2) is 6.26. The summed E-state index contributed by atoms with van der Waals surface area (Å²) < 4.78 is 5.05. The van der Waals surface area contributed by atoms with Crippen LogP contribution in [0.2, 0.25) is 0 Å². The van der Waals surface area contributed by atoms with Crippen LogP contribution in [0.5, 0.6) is 0 Å². The van der Waals surface area contributed by atoms with Crippen LogP contribution in [0.25, 0.3) is 0 Å². The fraction of sp³-hybridized carbons (Fsp3) is 0.571. The molecule has 110 valence electrons. The molecule has 2 N–H and O–H groups in total. The van der Waals surface area contributed by atoms with E-state index in [1.165, 1.54) is 11.3 Å². The number of hydrogen-bond donors (Lipinski definition) is 2. The molecule has 0 unspecified atom stereocenters. The average Bonchev–Trinajstić information content (AvgIpc) is 2.60. The first kappa shape index (κ1) is 14.8. The molecule has 1 saturated carbocycles. The van der Waals surface area contributed by atoms with Crippen LogP contribution in [0, 0.1) is 13.8 Å². The molecule has 5 nitrogen and oxygen atoms in total. The van der Waals surface area contributed by atoms with Gasteiger partial charge in [-0.2, -0.15) is 0 Å². The Morgan fingerprint density at radius 3 is 2.60 bits per heavy atom. The highest BCUT2D eigenvalue weighted by Gasteiger charge is 2.24. The van der Waals surface area contributed by atoms with Gasteiger partial charge in [-0.1, -0.05) is 0 Å². The number of thiophene rings is 1. The summed E-state index contributed by atoms with van der Waals surface area (Å²) >= 11 is 1.40. The van der Waals surface area contributed by atoms with Gasteiger partial charge in [0.15, 0.2) is 0 Å². The van der Waals surface area contributed by atoms with Gasteiger partial charge in [0.1, 0.15) is 5.00 Å². The number of nitrogens with one attached hydrogen (secondary N) is 2. The minimum Gasteiger partial charge on any atom is -0.462 e. The molecule has 1 fully saturated rings. The third-order valence-electron chi connectivity index (χ3n) is 3.53. The van der Waals surface area contributed by atoms with Crippen LogP contribution < -0.4 is 10.6 Å². The molecular formula is C14H20N2O3S. The Kier molecular flexibility index (Phi) is 4.65. The number of ether oxygens (including phenoxy) is 1. The highest BCUT2D eigenvalue weighted by atomic mass is 32.1. The Labute approximate surface area is 122 Å². The topological polar surface area (TPSA) is 67.4 Å². The monoisotopic (exact) mass is 296 g/mol. The Bertz CT molecular complexity index is 521. The largest absolute Gasteiger partial charge is 0.462 e. The van der Waals surface area contributed by atoms with Crippen LogP contribution in [0.15, 0.2) is 0 Å². The van der Waals surface area contributed by atoms with Crippen molar-refractivity contribution in [2.75, 3.05) is 11.9 Å². The first-order chi connectivity index (χ1) is 9.52. The highest BCUT2D eigenvalue weighted by Crippen LogP contribution is 2.33. The molecule has 1 aromatic rings. The molecule has 6 heteroatoms. The van der Waals surface area contributed by atoms with Gasteiger partial charge in [0.05, 0.1) is 12.2 Å². The van der Waals surface area contributed by atoms with E-state index in [-0.39, 0.29) is 18.0 Å². The third kappa shape index (κ3) is 3.12. The van der Waals surface area contributed by atoms with E-state index in [9.17, 15) is 9.59 Å². The van der Waals surface area contributed by atoms with Crippen LogP contribution >= 0.6 is 11.3 Å². The Balaban J connectivity index is 2.11. The van der Waals surface area contributed by atoms with Crippen LogP contribution in [0.4, 0.5) is 9.80 Å². The molecule has 0 saturated heterocycles. The van der Waals surface area contributed by atoms with E-state index in [4.69, 9.17) is 4.74 Å². The number of amides is 2. The molecule has 2 amide bonds. The van der Waals surface area contributed by atoms with Crippen molar-refractivity contribution in [2.24, 2.45) is 0 Å². The lowest BCUT2D eigenvalue weighted by molar-refractivity contribution is 0.0527. The molecular weight excluding hydrogens is 276 g/mol. The Hall–Kier alpha value is -1.56. The van der Waals surface area contributed by atoms with Crippen molar-refractivity contribution < 1.29 is 14.3 Å². The van der Waals surface area contributed by atoms with E-state index in [0.717, 1.165) is 29.7 Å². The zero-order chi connectivity index (χ0) is 14.7. The minimum atomic E-state index is -0.381. The lowest BCUT2D eigenvalue weighted by Gasteiger charge is -2.26. The van der Waals surface area contributed by atoms with Gasteiger partial charge in [-0.25, -0.2) is 9.59 Å². The van der Waals surface area contributed by atoms with Gasteiger partial charge in [-0.3, -0.25) is 5.32 Å². The van der Waals surface area contributed by atoms with Crippen LogP contribution in [0.3, 0.4) is 0 Å².